The molecule has 1 aliphatic rings. The predicted octanol–water partition coefficient (Wildman–Crippen LogP) is 4.60. The molecule has 1 atom stereocenters. The molecule has 0 bridgehead atoms. The average molecular weight is 376 g/mol. The van der Waals surface area contributed by atoms with E-state index in [1.807, 2.05) is 0 Å². The van der Waals surface area contributed by atoms with Crippen LogP contribution in [0.2, 0.25) is 5.02 Å². The van der Waals surface area contributed by atoms with Gasteiger partial charge < -0.3 is 5.32 Å². The maximum Gasteiger partial charge on any atom is 0.132 e. The van der Waals surface area contributed by atoms with Gasteiger partial charge in [-0.2, -0.15) is 0 Å². The van der Waals surface area contributed by atoms with Crippen LogP contribution >= 0.6 is 36.4 Å². The highest BCUT2D eigenvalue weighted by molar-refractivity contribution is 6.30. The van der Waals surface area contributed by atoms with Gasteiger partial charge in [-0.05, 0) is 18.6 Å². The van der Waals surface area contributed by atoms with Crippen molar-refractivity contribution in [2.24, 2.45) is 0 Å². The maximum atomic E-state index is 14.2. The Morgan fingerprint density at radius 2 is 1.73 bits per heavy atom. The zero-order chi connectivity index (χ0) is 14.5. The van der Waals surface area contributed by atoms with Crippen LogP contribution in [0.15, 0.2) is 12.1 Å². The van der Waals surface area contributed by atoms with E-state index in [0.717, 1.165) is 45.4 Å². The molecule has 1 saturated heterocycles. The van der Waals surface area contributed by atoms with Gasteiger partial charge >= 0.3 is 0 Å². The van der Waals surface area contributed by atoms with Crippen LogP contribution in [0.4, 0.5) is 8.78 Å². The predicted molar refractivity (Wildman–Crippen MR) is 92.6 cm³/mol. The van der Waals surface area contributed by atoms with Gasteiger partial charge in [0.25, 0.3) is 0 Å². The molecule has 22 heavy (non-hydrogen) atoms. The average Bonchev–Trinajstić information content (AvgIpc) is 2.42. The number of nitrogens with zero attached hydrogens (tertiary/aromatic N) is 1. The van der Waals surface area contributed by atoms with Crippen molar-refractivity contribution in [1.82, 2.24) is 10.2 Å². The first-order valence-corrected chi connectivity index (χ1v) is 7.60. The molecule has 1 fully saturated rings. The number of rotatable bonds is 5. The second kappa shape index (κ2) is 10.6. The van der Waals surface area contributed by atoms with Crippen molar-refractivity contribution in [2.45, 2.75) is 32.2 Å². The highest BCUT2D eigenvalue weighted by Crippen LogP contribution is 2.32. The van der Waals surface area contributed by atoms with Gasteiger partial charge in [0.05, 0.1) is 0 Å². The van der Waals surface area contributed by atoms with E-state index in [-0.39, 0.29) is 41.4 Å². The highest BCUT2D eigenvalue weighted by atomic mass is 35.5. The lowest BCUT2D eigenvalue weighted by Crippen LogP contribution is -2.45. The minimum atomic E-state index is -0.533. The molecule has 1 N–H and O–H groups in total. The van der Waals surface area contributed by atoms with Gasteiger partial charge in [-0.3, -0.25) is 4.90 Å². The molecular weight excluding hydrogens is 353 g/mol. The minimum absolute atomic E-state index is 0. The van der Waals surface area contributed by atoms with Gasteiger partial charge in [0, 0.05) is 42.8 Å². The third kappa shape index (κ3) is 5.50. The van der Waals surface area contributed by atoms with Gasteiger partial charge in [-0.15, -0.1) is 24.8 Å². The van der Waals surface area contributed by atoms with Crippen LogP contribution in [0.25, 0.3) is 0 Å². The normalized spacial score (nSPS) is 16.5. The van der Waals surface area contributed by atoms with E-state index in [0.29, 0.717) is 0 Å². The lowest BCUT2D eigenvalue weighted by Gasteiger charge is -2.35. The van der Waals surface area contributed by atoms with Gasteiger partial charge in [0.15, 0.2) is 0 Å². The third-order valence-corrected chi connectivity index (χ3v) is 4.02. The van der Waals surface area contributed by atoms with Crippen molar-refractivity contribution in [2.75, 3.05) is 26.2 Å². The molecule has 1 heterocycles. The van der Waals surface area contributed by atoms with Crippen LogP contribution in [0.3, 0.4) is 0 Å². The van der Waals surface area contributed by atoms with E-state index in [1.165, 1.54) is 12.1 Å². The minimum Gasteiger partial charge on any atom is -0.314 e. The van der Waals surface area contributed by atoms with Gasteiger partial charge in [-0.25, -0.2) is 8.78 Å². The molecule has 0 aromatic heterocycles. The summed E-state index contributed by atoms with van der Waals surface area (Å²) < 4.78 is 28.4. The number of nitrogens with one attached hydrogen (secondary N) is 1. The number of halogens is 5. The van der Waals surface area contributed by atoms with Crippen molar-refractivity contribution >= 4 is 36.4 Å². The largest absolute Gasteiger partial charge is 0.314 e. The lowest BCUT2D eigenvalue weighted by molar-refractivity contribution is 0.156. The standard InChI is InChI=1S/C15H21ClF2N2.2ClH/c1-2-3-4-14(20-7-5-19-6-8-20)15-12(17)9-11(16)10-13(15)18;;/h9-10,14,19H,2-8H2,1H3;2*1H/t14-;;/m1../s1. The number of unbranched alkanes of at least 4 members (excludes halogenated alkanes) is 1. The Morgan fingerprint density at radius 3 is 2.23 bits per heavy atom. The van der Waals surface area contributed by atoms with E-state index in [1.54, 1.807) is 0 Å². The molecule has 0 aliphatic carbocycles. The van der Waals surface area contributed by atoms with Crippen LogP contribution in [0, 0.1) is 11.6 Å². The molecule has 0 saturated carbocycles. The van der Waals surface area contributed by atoms with E-state index in [9.17, 15) is 8.78 Å². The molecule has 0 unspecified atom stereocenters. The number of benzene rings is 1. The molecule has 2 nitrogen and oxygen atoms in total. The molecule has 1 aromatic rings. The van der Waals surface area contributed by atoms with Crippen molar-refractivity contribution in [3.05, 3.63) is 34.4 Å². The summed E-state index contributed by atoms with van der Waals surface area (Å²) in [6.45, 7) is 5.44. The topological polar surface area (TPSA) is 15.3 Å². The molecule has 0 radical (unpaired) electrons. The fraction of sp³-hybridized carbons (Fsp3) is 0.600. The van der Waals surface area contributed by atoms with Crippen molar-refractivity contribution in [3.63, 3.8) is 0 Å². The van der Waals surface area contributed by atoms with E-state index < -0.39 is 11.6 Å². The molecule has 1 aliphatic heterocycles. The van der Waals surface area contributed by atoms with Crippen LogP contribution in [0.1, 0.15) is 37.8 Å². The second-order valence-electron chi connectivity index (χ2n) is 5.23. The van der Waals surface area contributed by atoms with Crippen molar-refractivity contribution < 1.29 is 8.78 Å². The van der Waals surface area contributed by atoms with Crippen molar-refractivity contribution in [3.8, 4) is 0 Å². The summed E-state index contributed by atoms with van der Waals surface area (Å²) in [5.41, 5.74) is 0.171. The molecule has 0 spiro atoms. The van der Waals surface area contributed by atoms with Crippen molar-refractivity contribution in [1.29, 1.82) is 0 Å². The monoisotopic (exact) mass is 374 g/mol. The molecule has 1 aromatic carbocycles. The molecule has 128 valence electrons. The van der Waals surface area contributed by atoms with E-state index >= 15 is 0 Å². The first-order chi connectivity index (χ1) is 9.63. The Balaban J connectivity index is 0.00000220. The lowest BCUT2D eigenvalue weighted by atomic mass is 9.97. The third-order valence-electron chi connectivity index (χ3n) is 3.80. The summed E-state index contributed by atoms with van der Waals surface area (Å²) >= 11 is 5.71. The SMILES string of the molecule is CCCC[C@H](c1c(F)cc(Cl)cc1F)N1CCNCC1.Cl.Cl. The Hall–Kier alpha value is -0.130. The summed E-state index contributed by atoms with van der Waals surface area (Å²) in [6, 6.07) is 2.22. The Bertz CT molecular complexity index is 431. The zero-order valence-electron chi connectivity index (χ0n) is 12.6. The zero-order valence-corrected chi connectivity index (χ0v) is 15.0. The van der Waals surface area contributed by atoms with Gasteiger partial charge in [0.1, 0.15) is 11.6 Å². The molecule has 0 amide bonds. The first kappa shape index (κ1) is 21.9. The number of hydrogen-bond acceptors (Lipinski definition) is 2. The van der Waals surface area contributed by atoms with Crippen LogP contribution < -0.4 is 5.32 Å². The fourth-order valence-electron chi connectivity index (χ4n) is 2.77. The number of hydrogen-bond donors (Lipinski definition) is 1. The first-order valence-electron chi connectivity index (χ1n) is 7.22. The summed E-state index contributed by atoms with van der Waals surface area (Å²) in [7, 11) is 0. The summed E-state index contributed by atoms with van der Waals surface area (Å²) in [6.07, 6.45) is 2.74. The number of piperazine rings is 1. The van der Waals surface area contributed by atoms with Crippen LogP contribution in [-0.2, 0) is 0 Å². The van der Waals surface area contributed by atoms with Crippen LogP contribution in [-0.4, -0.2) is 31.1 Å². The van der Waals surface area contributed by atoms with E-state index in [2.05, 4.69) is 17.1 Å². The fourth-order valence-corrected chi connectivity index (χ4v) is 2.96. The van der Waals surface area contributed by atoms with Gasteiger partial charge in [0.2, 0.25) is 0 Å². The Labute approximate surface area is 148 Å². The Morgan fingerprint density at radius 1 is 1.18 bits per heavy atom. The summed E-state index contributed by atoms with van der Waals surface area (Å²) in [4.78, 5) is 2.17. The van der Waals surface area contributed by atoms with Gasteiger partial charge in [-0.1, -0.05) is 31.4 Å². The quantitative estimate of drug-likeness (QED) is 0.809. The van der Waals surface area contributed by atoms with Crippen LogP contribution in [0.5, 0.6) is 0 Å². The smallest absolute Gasteiger partial charge is 0.132 e. The summed E-state index contributed by atoms with van der Waals surface area (Å²) in [5, 5.41) is 3.37. The van der Waals surface area contributed by atoms with E-state index in [4.69, 9.17) is 11.6 Å². The molecule has 2 rings (SSSR count). The molecular formula is C15H23Cl3F2N2. The maximum absolute atomic E-state index is 14.2. The highest BCUT2D eigenvalue weighted by Gasteiger charge is 2.27. The summed E-state index contributed by atoms with van der Waals surface area (Å²) in [5.74, 6) is -1.07. The Kier molecular flexibility index (Phi) is 10.5. The second-order valence-corrected chi connectivity index (χ2v) is 5.66. The molecule has 7 heteroatoms.